The summed E-state index contributed by atoms with van der Waals surface area (Å²) in [5.41, 5.74) is 6.74. The molecule has 0 aromatic heterocycles. The molecule has 1 aromatic rings. The minimum Gasteiger partial charge on any atom is -0.327 e. The number of aryl methyl sites for hydroxylation is 1. The molecule has 0 aliphatic carbocycles. The van der Waals surface area contributed by atoms with E-state index in [1.54, 1.807) is 25.1 Å². The van der Waals surface area contributed by atoms with Crippen molar-refractivity contribution in [3.63, 3.8) is 0 Å². The Morgan fingerprint density at radius 2 is 2.00 bits per heavy atom. The van der Waals surface area contributed by atoms with E-state index < -0.39 is 15.1 Å². The summed E-state index contributed by atoms with van der Waals surface area (Å²) in [6.07, 6.45) is 0.659. The molecule has 2 N–H and O–H groups in total. The van der Waals surface area contributed by atoms with E-state index in [9.17, 15) is 8.42 Å². The summed E-state index contributed by atoms with van der Waals surface area (Å²) in [5.74, 6) is 0. The van der Waals surface area contributed by atoms with Gasteiger partial charge in [-0.2, -0.15) is 0 Å². The highest BCUT2D eigenvalue weighted by Crippen LogP contribution is 2.19. The van der Waals surface area contributed by atoms with Crippen molar-refractivity contribution < 1.29 is 8.42 Å². The first-order chi connectivity index (χ1) is 7.39. The van der Waals surface area contributed by atoms with Crippen LogP contribution in [-0.2, 0) is 9.84 Å². The van der Waals surface area contributed by atoms with Crippen LogP contribution in [0, 0.1) is 6.92 Å². The normalized spacial score (nSPS) is 15.8. The number of sulfone groups is 1. The van der Waals surface area contributed by atoms with Gasteiger partial charge in [0.2, 0.25) is 0 Å². The second-order valence-electron chi connectivity index (χ2n) is 4.14. The molecule has 0 spiro atoms. The van der Waals surface area contributed by atoms with Gasteiger partial charge in [-0.15, -0.1) is 0 Å². The van der Waals surface area contributed by atoms with Crippen LogP contribution in [0.5, 0.6) is 0 Å². The summed E-state index contributed by atoms with van der Waals surface area (Å²) >= 11 is 0. The zero-order valence-electron chi connectivity index (χ0n) is 9.97. The largest absolute Gasteiger partial charge is 0.327 e. The molecule has 2 unspecified atom stereocenters. The van der Waals surface area contributed by atoms with E-state index in [1.165, 1.54) is 0 Å². The average Bonchev–Trinajstić information content (AvgIpc) is 2.27. The van der Waals surface area contributed by atoms with Crippen LogP contribution in [0.3, 0.4) is 0 Å². The molecule has 0 aliphatic heterocycles. The van der Waals surface area contributed by atoms with Gasteiger partial charge in [0.05, 0.1) is 10.1 Å². The highest BCUT2D eigenvalue weighted by atomic mass is 32.2. The summed E-state index contributed by atoms with van der Waals surface area (Å²) in [7, 11) is -3.30. The van der Waals surface area contributed by atoms with Crippen molar-refractivity contribution in [1.29, 1.82) is 0 Å². The standard InChI is InChI=1S/C12H19NO2S/c1-4-12(13)10(3)16(14,15)11-7-5-6-9(2)8-11/h5-8,10,12H,4,13H2,1-3H3. The minimum atomic E-state index is -3.30. The average molecular weight is 241 g/mol. The molecule has 0 amide bonds. The summed E-state index contributed by atoms with van der Waals surface area (Å²) in [6.45, 7) is 5.45. The Kier molecular flexibility index (Phi) is 4.10. The fourth-order valence-electron chi connectivity index (χ4n) is 1.57. The Balaban J connectivity index is 3.12. The second kappa shape index (κ2) is 4.97. The first kappa shape index (κ1) is 13.2. The lowest BCUT2D eigenvalue weighted by Crippen LogP contribution is -2.37. The molecule has 1 aromatic carbocycles. The van der Waals surface area contributed by atoms with Crippen molar-refractivity contribution in [3.05, 3.63) is 29.8 Å². The van der Waals surface area contributed by atoms with Gasteiger partial charge in [0, 0.05) is 6.04 Å². The third kappa shape index (κ3) is 2.62. The van der Waals surface area contributed by atoms with Crippen LogP contribution >= 0.6 is 0 Å². The lowest BCUT2D eigenvalue weighted by molar-refractivity contribution is 0.552. The van der Waals surface area contributed by atoms with E-state index in [2.05, 4.69) is 0 Å². The predicted octanol–water partition coefficient (Wildman–Crippen LogP) is 1.89. The van der Waals surface area contributed by atoms with Gasteiger partial charge in [-0.05, 0) is 38.0 Å². The van der Waals surface area contributed by atoms with E-state index in [-0.39, 0.29) is 6.04 Å². The Labute approximate surface area is 97.6 Å². The van der Waals surface area contributed by atoms with Crippen LogP contribution in [0.1, 0.15) is 25.8 Å². The summed E-state index contributed by atoms with van der Waals surface area (Å²) in [5, 5.41) is -0.542. The van der Waals surface area contributed by atoms with Crippen molar-refractivity contribution in [3.8, 4) is 0 Å². The van der Waals surface area contributed by atoms with Crippen molar-refractivity contribution in [2.24, 2.45) is 5.73 Å². The first-order valence-corrected chi connectivity index (χ1v) is 7.00. The van der Waals surface area contributed by atoms with Crippen LogP contribution in [0.25, 0.3) is 0 Å². The maximum absolute atomic E-state index is 12.2. The van der Waals surface area contributed by atoms with E-state index in [0.717, 1.165) is 5.56 Å². The minimum absolute atomic E-state index is 0.314. The number of benzene rings is 1. The number of hydrogen-bond acceptors (Lipinski definition) is 3. The Morgan fingerprint density at radius 1 is 1.38 bits per heavy atom. The summed E-state index contributed by atoms with van der Waals surface area (Å²) < 4.78 is 24.4. The maximum atomic E-state index is 12.2. The van der Waals surface area contributed by atoms with E-state index >= 15 is 0 Å². The Bertz CT molecular complexity index is 454. The smallest absolute Gasteiger partial charge is 0.182 e. The number of hydrogen-bond donors (Lipinski definition) is 1. The molecule has 0 heterocycles. The van der Waals surface area contributed by atoms with Crippen molar-refractivity contribution in [2.75, 3.05) is 0 Å². The Hall–Kier alpha value is -0.870. The van der Waals surface area contributed by atoms with Gasteiger partial charge in [-0.1, -0.05) is 19.1 Å². The zero-order chi connectivity index (χ0) is 12.3. The van der Waals surface area contributed by atoms with Crippen LogP contribution in [0.4, 0.5) is 0 Å². The molecule has 0 saturated carbocycles. The third-order valence-corrected chi connectivity index (χ3v) is 5.12. The number of rotatable bonds is 4. The molecule has 0 fully saturated rings. The fourth-order valence-corrected chi connectivity index (χ4v) is 3.27. The van der Waals surface area contributed by atoms with Crippen molar-refractivity contribution in [2.45, 2.75) is 43.4 Å². The van der Waals surface area contributed by atoms with Gasteiger partial charge in [0.1, 0.15) is 0 Å². The predicted molar refractivity (Wildman–Crippen MR) is 66.1 cm³/mol. The molecular weight excluding hydrogens is 222 g/mol. The van der Waals surface area contributed by atoms with Crippen molar-refractivity contribution >= 4 is 9.84 Å². The zero-order valence-corrected chi connectivity index (χ0v) is 10.8. The van der Waals surface area contributed by atoms with E-state index in [1.807, 2.05) is 19.9 Å². The number of nitrogens with two attached hydrogens (primary N) is 1. The molecular formula is C12H19NO2S. The molecule has 3 nitrogen and oxygen atoms in total. The lowest BCUT2D eigenvalue weighted by Gasteiger charge is -2.18. The van der Waals surface area contributed by atoms with Gasteiger partial charge < -0.3 is 5.73 Å². The van der Waals surface area contributed by atoms with Crippen LogP contribution in [0.2, 0.25) is 0 Å². The van der Waals surface area contributed by atoms with Crippen molar-refractivity contribution in [1.82, 2.24) is 0 Å². The van der Waals surface area contributed by atoms with Gasteiger partial charge >= 0.3 is 0 Å². The Morgan fingerprint density at radius 3 is 2.50 bits per heavy atom. The van der Waals surface area contributed by atoms with Gasteiger partial charge in [0.25, 0.3) is 0 Å². The second-order valence-corrected chi connectivity index (χ2v) is 6.44. The first-order valence-electron chi connectivity index (χ1n) is 5.45. The molecule has 4 heteroatoms. The van der Waals surface area contributed by atoms with Gasteiger partial charge in [-0.3, -0.25) is 0 Å². The quantitative estimate of drug-likeness (QED) is 0.875. The van der Waals surface area contributed by atoms with Gasteiger partial charge in [-0.25, -0.2) is 8.42 Å². The highest BCUT2D eigenvalue weighted by molar-refractivity contribution is 7.92. The fraction of sp³-hybridized carbons (Fsp3) is 0.500. The molecule has 90 valence electrons. The highest BCUT2D eigenvalue weighted by Gasteiger charge is 2.27. The van der Waals surface area contributed by atoms with Crippen LogP contribution in [0.15, 0.2) is 29.2 Å². The van der Waals surface area contributed by atoms with Crippen LogP contribution < -0.4 is 5.73 Å². The maximum Gasteiger partial charge on any atom is 0.182 e. The van der Waals surface area contributed by atoms with E-state index in [4.69, 9.17) is 5.73 Å². The molecule has 0 bridgehead atoms. The lowest BCUT2D eigenvalue weighted by atomic mass is 10.2. The molecule has 0 radical (unpaired) electrons. The molecule has 1 rings (SSSR count). The molecule has 0 aliphatic rings. The molecule has 16 heavy (non-hydrogen) atoms. The SMILES string of the molecule is CCC(N)C(C)S(=O)(=O)c1cccc(C)c1. The third-order valence-electron chi connectivity index (χ3n) is 2.88. The summed E-state index contributed by atoms with van der Waals surface area (Å²) in [4.78, 5) is 0.365. The summed E-state index contributed by atoms with van der Waals surface area (Å²) in [6, 6.07) is 6.64. The molecule has 2 atom stereocenters. The molecule has 0 saturated heterocycles. The topological polar surface area (TPSA) is 60.2 Å². The van der Waals surface area contributed by atoms with E-state index in [0.29, 0.717) is 11.3 Å². The van der Waals surface area contributed by atoms with Crippen LogP contribution in [-0.4, -0.2) is 19.7 Å². The monoisotopic (exact) mass is 241 g/mol. The van der Waals surface area contributed by atoms with Gasteiger partial charge in [0.15, 0.2) is 9.84 Å².